The van der Waals surface area contributed by atoms with Crippen molar-refractivity contribution >= 4 is 0 Å². The van der Waals surface area contributed by atoms with Crippen LogP contribution in [-0.2, 0) is 13.6 Å². The maximum absolute atomic E-state index is 8.92. The highest BCUT2D eigenvalue weighted by Crippen LogP contribution is 2.27. The van der Waals surface area contributed by atoms with E-state index in [0.29, 0.717) is 11.1 Å². The minimum Gasteiger partial charge on any atom is -0.342 e. The molecule has 0 amide bonds. The third-order valence-electron chi connectivity index (χ3n) is 2.92. The summed E-state index contributed by atoms with van der Waals surface area (Å²) in [6.45, 7) is 12.0. The summed E-state index contributed by atoms with van der Waals surface area (Å²) in [7, 11) is 1.91. The Bertz CT molecular complexity index is 441. The molecule has 1 aromatic heterocycles. The van der Waals surface area contributed by atoms with Gasteiger partial charge >= 0.3 is 0 Å². The first kappa shape index (κ1) is 14.8. The highest BCUT2D eigenvalue weighted by molar-refractivity contribution is 5.28. The first-order valence-corrected chi connectivity index (χ1v) is 6.43. The predicted octanol–water partition coefficient (Wildman–Crippen LogP) is 3.20. The Morgan fingerprint density at radius 2 is 1.89 bits per heavy atom. The number of rotatable bonds is 4. The Morgan fingerprint density at radius 3 is 2.33 bits per heavy atom. The van der Waals surface area contributed by atoms with Gasteiger partial charge in [-0.1, -0.05) is 20.8 Å². The number of hydrogen-bond donors (Lipinski definition) is 1. The largest absolute Gasteiger partial charge is 0.342 e. The van der Waals surface area contributed by atoms with Crippen molar-refractivity contribution < 1.29 is 0 Å². The van der Waals surface area contributed by atoms with E-state index in [2.05, 4.69) is 46.0 Å². The fraction of sp³-hybridized carbons (Fsp3) is 0.667. The highest BCUT2D eigenvalue weighted by atomic mass is 15.0. The molecule has 0 aliphatic carbocycles. The van der Waals surface area contributed by atoms with Gasteiger partial charge in [0.15, 0.2) is 0 Å². The number of aryl methyl sites for hydroxylation is 1. The molecule has 0 bridgehead atoms. The van der Waals surface area contributed by atoms with Gasteiger partial charge in [0.2, 0.25) is 0 Å². The first-order chi connectivity index (χ1) is 8.13. The van der Waals surface area contributed by atoms with Crippen molar-refractivity contribution in [1.82, 2.24) is 9.88 Å². The van der Waals surface area contributed by atoms with Crippen LogP contribution in [0.25, 0.3) is 0 Å². The highest BCUT2D eigenvalue weighted by Gasteiger charge is 2.24. The summed E-state index contributed by atoms with van der Waals surface area (Å²) >= 11 is 0. The second-order valence-corrected chi connectivity index (χ2v) is 6.93. The van der Waals surface area contributed by atoms with Crippen LogP contribution in [-0.4, -0.2) is 10.1 Å². The number of nitriles is 1. The minimum absolute atomic E-state index is 0.0981. The quantitative estimate of drug-likeness (QED) is 0.887. The van der Waals surface area contributed by atoms with E-state index in [-0.39, 0.29) is 5.54 Å². The molecule has 1 heterocycles. The zero-order valence-electron chi connectivity index (χ0n) is 12.5. The van der Waals surface area contributed by atoms with E-state index in [1.165, 1.54) is 0 Å². The molecule has 0 fully saturated rings. The van der Waals surface area contributed by atoms with Gasteiger partial charge in [-0.25, -0.2) is 0 Å². The third kappa shape index (κ3) is 4.54. The maximum atomic E-state index is 8.92. The summed E-state index contributed by atoms with van der Waals surface area (Å²) < 4.78 is 1.87. The number of hydrogen-bond acceptors (Lipinski definition) is 2. The molecule has 1 aromatic rings. The van der Waals surface area contributed by atoms with E-state index in [1.807, 2.05) is 23.9 Å². The van der Waals surface area contributed by atoms with E-state index in [1.54, 1.807) is 0 Å². The Kier molecular flexibility index (Phi) is 4.24. The molecule has 1 N–H and O–H groups in total. The third-order valence-corrected chi connectivity index (χ3v) is 2.92. The molecule has 0 saturated heterocycles. The fourth-order valence-electron chi connectivity index (χ4n) is 2.57. The van der Waals surface area contributed by atoms with Gasteiger partial charge in [0.25, 0.3) is 0 Å². The van der Waals surface area contributed by atoms with Crippen LogP contribution in [0.1, 0.15) is 52.3 Å². The summed E-state index contributed by atoms with van der Waals surface area (Å²) in [5.74, 6) is 0. The van der Waals surface area contributed by atoms with Gasteiger partial charge in [-0.15, -0.1) is 0 Å². The van der Waals surface area contributed by atoms with Crippen molar-refractivity contribution in [3.05, 3.63) is 23.5 Å². The molecule has 3 nitrogen and oxygen atoms in total. The zero-order valence-corrected chi connectivity index (χ0v) is 12.5. The van der Waals surface area contributed by atoms with Gasteiger partial charge in [-0.3, -0.25) is 0 Å². The topological polar surface area (TPSA) is 40.8 Å². The van der Waals surface area contributed by atoms with Crippen LogP contribution in [0.4, 0.5) is 0 Å². The van der Waals surface area contributed by atoms with Gasteiger partial charge in [0, 0.05) is 25.3 Å². The van der Waals surface area contributed by atoms with Crippen LogP contribution < -0.4 is 5.32 Å². The van der Waals surface area contributed by atoms with E-state index in [4.69, 9.17) is 5.26 Å². The van der Waals surface area contributed by atoms with Crippen LogP contribution in [0.2, 0.25) is 0 Å². The van der Waals surface area contributed by atoms with E-state index < -0.39 is 0 Å². The normalized spacial score (nSPS) is 12.5. The van der Waals surface area contributed by atoms with Gasteiger partial charge in [-0.2, -0.15) is 5.26 Å². The Labute approximate surface area is 111 Å². The monoisotopic (exact) mass is 247 g/mol. The molecule has 0 unspecified atom stereocenters. The molecule has 0 spiro atoms. The molecule has 0 radical (unpaired) electrons. The summed E-state index contributed by atoms with van der Waals surface area (Å²) in [6.07, 6.45) is 3.12. The molecule has 0 saturated carbocycles. The van der Waals surface area contributed by atoms with Crippen molar-refractivity contribution in [3.63, 3.8) is 0 Å². The molecular weight excluding hydrogens is 222 g/mol. The zero-order chi connectivity index (χ0) is 14.0. The molecular formula is C15H25N3. The van der Waals surface area contributed by atoms with Crippen LogP contribution >= 0.6 is 0 Å². The van der Waals surface area contributed by atoms with Crippen molar-refractivity contribution in [1.29, 1.82) is 5.26 Å². The lowest BCUT2D eigenvalue weighted by atomic mass is 9.82. The van der Waals surface area contributed by atoms with Crippen molar-refractivity contribution in [2.45, 2.75) is 53.1 Å². The second kappa shape index (κ2) is 5.16. The molecule has 18 heavy (non-hydrogen) atoms. The first-order valence-electron chi connectivity index (χ1n) is 6.43. The molecule has 0 aliphatic heterocycles. The average molecular weight is 247 g/mol. The van der Waals surface area contributed by atoms with Crippen LogP contribution in [0.5, 0.6) is 0 Å². The summed E-state index contributed by atoms with van der Waals surface area (Å²) in [6, 6.07) is 4.13. The molecule has 0 atom stereocenters. The number of nitrogens with zero attached hydrogens (tertiary/aromatic N) is 2. The second-order valence-electron chi connectivity index (χ2n) is 6.93. The number of nitrogens with one attached hydrogen (secondary N) is 1. The fourth-order valence-corrected chi connectivity index (χ4v) is 2.57. The Hall–Kier alpha value is -1.27. The van der Waals surface area contributed by atoms with E-state index >= 15 is 0 Å². The summed E-state index contributed by atoms with van der Waals surface area (Å²) in [4.78, 5) is 0. The van der Waals surface area contributed by atoms with Gasteiger partial charge < -0.3 is 9.88 Å². The van der Waals surface area contributed by atoms with Gasteiger partial charge in [-0.05, 0) is 37.3 Å². The summed E-state index contributed by atoms with van der Waals surface area (Å²) in [5.41, 5.74) is 2.28. The lowest BCUT2D eigenvalue weighted by Gasteiger charge is -2.33. The van der Waals surface area contributed by atoms with Gasteiger partial charge in [0.1, 0.15) is 11.8 Å². The predicted molar refractivity (Wildman–Crippen MR) is 75.1 cm³/mol. The van der Waals surface area contributed by atoms with Crippen molar-refractivity contribution in [2.75, 3.05) is 0 Å². The molecule has 0 aliphatic rings. The van der Waals surface area contributed by atoms with Crippen LogP contribution in [0.3, 0.4) is 0 Å². The molecule has 100 valence electrons. The average Bonchev–Trinajstić information content (AvgIpc) is 2.53. The van der Waals surface area contributed by atoms with Crippen molar-refractivity contribution in [3.8, 4) is 6.07 Å². The van der Waals surface area contributed by atoms with Crippen LogP contribution in [0, 0.1) is 16.7 Å². The Balaban J connectivity index is 2.62. The molecule has 0 aromatic carbocycles. The smallest absolute Gasteiger partial charge is 0.120 e. The van der Waals surface area contributed by atoms with E-state index in [9.17, 15) is 0 Å². The summed E-state index contributed by atoms with van der Waals surface area (Å²) in [5, 5.41) is 12.5. The lowest BCUT2D eigenvalue weighted by molar-refractivity contribution is 0.241. The standard InChI is InChI=1S/C15H25N3/c1-14(2,3)11-15(4,5)17-9-12-7-13(8-16)18(6)10-12/h7,10,17H,9,11H2,1-6H3. The lowest BCUT2D eigenvalue weighted by Crippen LogP contribution is -2.41. The maximum Gasteiger partial charge on any atom is 0.120 e. The molecule has 1 rings (SSSR count). The number of aromatic nitrogens is 1. The van der Waals surface area contributed by atoms with E-state index in [0.717, 1.165) is 18.5 Å². The minimum atomic E-state index is 0.0981. The van der Waals surface area contributed by atoms with Gasteiger partial charge in [0.05, 0.1) is 0 Å². The SMILES string of the molecule is Cn1cc(CNC(C)(C)CC(C)(C)C)cc1C#N. The van der Waals surface area contributed by atoms with Crippen molar-refractivity contribution in [2.24, 2.45) is 12.5 Å². The van der Waals surface area contributed by atoms with Crippen LogP contribution in [0.15, 0.2) is 12.3 Å². The Morgan fingerprint density at radius 1 is 1.28 bits per heavy atom. The molecule has 3 heteroatoms.